The number of hydrogen-bond acceptors (Lipinski definition) is 3. The molecule has 1 heterocycles. The fourth-order valence-electron chi connectivity index (χ4n) is 3.14. The third-order valence-electron chi connectivity index (χ3n) is 4.51. The number of rotatable bonds is 4. The zero-order valence-corrected chi connectivity index (χ0v) is 13.3. The molecule has 0 aromatic heterocycles. The first-order chi connectivity index (χ1) is 9.76. The van der Waals surface area contributed by atoms with Crippen LogP contribution in [0.1, 0.15) is 59.3 Å². The van der Waals surface area contributed by atoms with Crippen molar-refractivity contribution in [2.45, 2.75) is 70.9 Å². The van der Waals surface area contributed by atoms with Gasteiger partial charge in [0.1, 0.15) is 11.6 Å². The second kappa shape index (κ2) is 6.24. The van der Waals surface area contributed by atoms with E-state index in [1.165, 1.54) is 30.6 Å². The van der Waals surface area contributed by atoms with Crippen molar-refractivity contribution in [3.8, 4) is 0 Å². The molecular formula is C16H27NO4. The van der Waals surface area contributed by atoms with Crippen molar-refractivity contribution in [1.82, 2.24) is 4.90 Å². The minimum absolute atomic E-state index is 0.291. The molecule has 5 heteroatoms. The van der Waals surface area contributed by atoms with E-state index in [1.807, 2.05) is 0 Å². The van der Waals surface area contributed by atoms with E-state index in [9.17, 15) is 14.7 Å². The predicted octanol–water partition coefficient (Wildman–Crippen LogP) is 3.28. The van der Waals surface area contributed by atoms with E-state index >= 15 is 0 Å². The Morgan fingerprint density at radius 3 is 2.29 bits per heavy atom. The van der Waals surface area contributed by atoms with Crippen molar-refractivity contribution in [3.63, 3.8) is 0 Å². The van der Waals surface area contributed by atoms with Crippen LogP contribution in [0.5, 0.6) is 0 Å². The molecule has 2 rings (SSSR count). The van der Waals surface area contributed by atoms with Crippen LogP contribution >= 0.6 is 0 Å². The highest BCUT2D eigenvalue weighted by molar-refractivity contribution is 5.80. The summed E-state index contributed by atoms with van der Waals surface area (Å²) in [4.78, 5) is 25.0. The van der Waals surface area contributed by atoms with E-state index in [-0.39, 0.29) is 0 Å². The van der Waals surface area contributed by atoms with Gasteiger partial charge in [0.15, 0.2) is 0 Å². The highest BCUT2D eigenvalue weighted by Crippen LogP contribution is 2.35. The van der Waals surface area contributed by atoms with Crippen LogP contribution in [0.3, 0.4) is 0 Å². The monoisotopic (exact) mass is 297 g/mol. The molecule has 1 saturated carbocycles. The summed E-state index contributed by atoms with van der Waals surface area (Å²) in [6.07, 6.45) is 6.20. The maximum atomic E-state index is 12.2. The van der Waals surface area contributed by atoms with Crippen LogP contribution in [0.25, 0.3) is 0 Å². The number of carboxylic acid groups (broad SMARTS) is 1. The number of aliphatic carboxylic acids is 1. The van der Waals surface area contributed by atoms with Gasteiger partial charge < -0.3 is 9.84 Å². The summed E-state index contributed by atoms with van der Waals surface area (Å²) in [5, 5.41) is 9.33. The molecule has 0 aromatic carbocycles. The highest BCUT2D eigenvalue weighted by atomic mass is 16.6. The van der Waals surface area contributed by atoms with Crippen LogP contribution < -0.4 is 0 Å². The number of ether oxygens (including phenoxy) is 1. The molecule has 0 bridgehead atoms. The van der Waals surface area contributed by atoms with Gasteiger partial charge in [0, 0.05) is 6.54 Å². The fraction of sp³-hybridized carbons (Fsp3) is 0.875. The normalized spacial score (nSPS) is 26.5. The third kappa shape index (κ3) is 4.35. The lowest BCUT2D eigenvalue weighted by atomic mass is 9.80. The molecule has 0 spiro atoms. The van der Waals surface area contributed by atoms with Gasteiger partial charge in [-0.1, -0.05) is 25.7 Å². The zero-order valence-electron chi connectivity index (χ0n) is 13.3. The van der Waals surface area contributed by atoms with Crippen molar-refractivity contribution >= 4 is 12.1 Å². The standard InChI is InChI=1S/C16H27NO4/c1-16(2,3)21-15(20)17-10-12(9-13(17)14(18)19)8-7-11-5-4-6-11/h11-13H,4-10H2,1-3H3,(H,18,19)/t12-,13+/m1/s1. The Morgan fingerprint density at radius 1 is 1.19 bits per heavy atom. The molecule has 0 unspecified atom stereocenters. The number of amides is 1. The van der Waals surface area contributed by atoms with E-state index in [2.05, 4.69) is 0 Å². The minimum Gasteiger partial charge on any atom is -0.480 e. The van der Waals surface area contributed by atoms with Gasteiger partial charge in [-0.05, 0) is 45.4 Å². The summed E-state index contributed by atoms with van der Waals surface area (Å²) < 4.78 is 5.33. The lowest BCUT2D eigenvalue weighted by molar-refractivity contribution is -0.142. The molecule has 5 nitrogen and oxygen atoms in total. The first-order valence-electron chi connectivity index (χ1n) is 7.98. The molecule has 1 aliphatic carbocycles. The summed E-state index contributed by atoms with van der Waals surface area (Å²) in [5.74, 6) is 0.190. The molecule has 1 aliphatic heterocycles. The van der Waals surface area contributed by atoms with Crippen molar-refractivity contribution < 1.29 is 19.4 Å². The SMILES string of the molecule is CC(C)(C)OC(=O)N1C[C@H](CCC2CCC2)C[C@H]1C(=O)O. The number of carboxylic acids is 1. The van der Waals surface area contributed by atoms with Crippen LogP contribution in [0.2, 0.25) is 0 Å². The minimum atomic E-state index is -0.924. The van der Waals surface area contributed by atoms with Gasteiger partial charge in [0.2, 0.25) is 0 Å². The van der Waals surface area contributed by atoms with Gasteiger partial charge in [-0.25, -0.2) is 9.59 Å². The predicted molar refractivity (Wildman–Crippen MR) is 79.0 cm³/mol. The maximum absolute atomic E-state index is 12.2. The topological polar surface area (TPSA) is 66.8 Å². The van der Waals surface area contributed by atoms with E-state index in [1.54, 1.807) is 20.8 Å². The molecule has 2 aliphatic rings. The second-order valence-electron chi connectivity index (χ2n) is 7.46. The largest absolute Gasteiger partial charge is 0.480 e. The lowest BCUT2D eigenvalue weighted by Gasteiger charge is -2.27. The molecule has 120 valence electrons. The Bertz CT molecular complexity index is 398. The number of carbonyl (C=O) groups is 2. The number of hydrogen-bond donors (Lipinski definition) is 1. The fourth-order valence-corrected chi connectivity index (χ4v) is 3.14. The van der Waals surface area contributed by atoms with Crippen molar-refractivity contribution in [3.05, 3.63) is 0 Å². The molecule has 1 N–H and O–H groups in total. The van der Waals surface area contributed by atoms with Crippen LogP contribution in [-0.2, 0) is 9.53 Å². The van der Waals surface area contributed by atoms with Gasteiger partial charge in [0.05, 0.1) is 0 Å². The molecule has 2 atom stereocenters. The van der Waals surface area contributed by atoms with Gasteiger partial charge in [-0.3, -0.25) is 4.90 Å². The zero-order chi connectivity index (χ0) is 15.6. The van der Waals surface area contributed by atoms with Gasteiger partial charge in [-0.2, -0.15) is 0 Å². The lowest BCUT2D eigenvalue weighted by Crippen LogP contribution is -2.43. The Morgan fingerprint density at radius 2 is 1.81 bits per heavy atom. The summed E-state index contributed by atoms with van der Waals surface area (Å²) >= 11 is 0. The van der Waals surface area contributed by atoms with Crippen LogP contribution in [0.15, 0.2) is 0 Å². The van der Waals surface area contributed by atoms with E-state index in [0.29, 0.717) is 18.9 Å². The molecule has 1 amide bonds. The molecule has 0 aromatic rings. The van der Waals surface area contributed by atoms with Crippen LogP contribution in [-0.4, -0.2) is 40.3 Å². The van der Waals surface area contributed by atoms with Crippen molar-refractivity contribution in [1.29, 1.82) is 0 Å². The number of likely N-dealkylation sites (tertiary alicyclic amines) is 1. The average molecular weight is 297 g/mol. The number of carbonyl (C=O) groups excluding carboxylic acids is 1. The summed E-state index contributed by atoms with van der Waals surface area (Å²) in [7, 11) is 0. The van der Waals surface area contributed by atoms with E-state index < -0.39 is 23.7 Å². The van der Waals surface area contributed by atoms with E-state index in [4.69, 9.17) is 4.74 Å². The quantitative estimate of drug-likeness (QED) is 0.864. The summed E-state index contributed by atoms with van der Waals surface area (Å²) in [6.45, 7) is 5.90. The molecule has 0 radical (unpaired) electrons. The van der Waals surface area contributed by atoms with Gasteiger partial charge in [0.25, 0.3) is 0 Å². The van der Waals surface area contributed by atoms with Gasteiger partial charge >= 0.3 is 12.1 Å². The highest BCUT2D eigenvalue weighted by Gasteiger charge is 2.41. The Labute approximate surface area is 126 Å². The first-order valence-corrected chi connectivity index (χ1v) is 7.98. The van der Waals surface area contributed by atoms with Crippen LogP contribution in [0.4, 0.5) is 4.79 Å². The summed E-state index contributed by atoms with van der Waals surface area (Å²) in [5.41, 5.74) is -0.593. The van der Waals surface area contributed by atoms with E-state index in [0.717, 1.165) is 12.3 Å². The summed E-state index contributed by atoms with van der Waals surface area (Å²) in [6, 6.07) is -0.730. The Kier molecular flexibility index (Phi) is 4.79. The van der Waals surface area contributed by atoms with Crippen molar-refractivity contribution in [2.24, 2.45) is 11.8 Å². The van der Waals surface area contributed by atoms with Crippen LogP contribution in [0, 0.1) is 11.8 Å². The van der Waals surface area contributed by atoms with Crippen molar-refractivity contribution in [2.75, 3.05) is 6.54 Å². The second-order valence-corrected chi connectivity index (χ2v) is 7.46. The molecule has 2 fully saturated rings. The molecule has 21 heavy (non-hydrogen) atoms. The Hall–Kier alpha value is -1.26. The number of nitrogens with zero attached hydrogens (tertiary/aromatic N) is 1. The first kappa shape index (κ1) is 16.1. The smallest absolute Gasteiger partial charge is 0.411 e. The average Bonchev–Trinajstić information content (AvgIpc) is 2.69. The molecular weight excluding hydrogens is 270 g/mol. The maximum Gasteiger partial charge on any atom is 0.411 e. The van der Waals surface area contributed by atoms with Gasteiger partial charge in [-0.15, -0.1) is 0 Å². The Balaban J connectivity index is 1.91. The molecule has 1 saturated heterocycles. The third-order valence-corrected chi connectivity index (χ3v) is 4.51.